The Morgan fingerprint density at radius 1 is 1.33 bits per heavy atom. The van der Waals surface area contributed by atoms with Gasteiger partial charge in [-0.15, -0.1) is 10.2 Å². The van der Waals surface area contributed by atoms with Gasteiger partial charge >= 0.3 is 0 Å². The van der Waals surface area contributed by atoms with Crippen molar-refractivity contribution >= 4 is 5.91 Å². The Morgan fingerprint density at radius 3 is 2.92 bits per heavy atom. The molecule has 3 rings (SSSR count). The molecule has 1 N–H and O–H groups in total. The summed E-state index contributed by atoms with van der Waals surface area (Å²) in [6.45, 7) is 1.75. The molecule has 1 saturated carbocycles. The van der Waals surface area contributed by atoms with E-state index in [2.05, 4.69) is 15.5 Å². The maximum atomic E-state index is 13.6. The van der Waals surface area contributed by atoms with Crippen LogP contribution in [0.5, 0.6) is 0 Å². The zero-order valence-electron chi connectivity index (χ0n) is 13.4. The zero-order chi connectivity index (χ0) is 17.1. The summed E-state index contributed by atoms with van der Waals surface area (Å²) >= 11 is 0. The van der Waals surface area contributed by atoms with E-state index < -0.39 is 11.6 Å². The molecule has 5 nitrogen and oxygen atoms in total. The lowest BCUT2D eigenvalue weighted by atomic mass is 10.0. The Bertz CT molecular complexity index is 732. The van der Waals surface area contributed by atoms with Crippen LogP contribution in [0, 0.1) is 24.5 Å². The van der Waals surface area contributed by atoms with E-state index in [9.17, 15) is 13.6 Å². The van der Waals surface area contributed by atoms with Gasteiger partial charge in [-0.05, 0) is 31.2 Å². The summed E-state index contributed by atoms with van der Waals surface area (Å²) in [5.74, 6) is -0.643. The Kier molecular flexibility index (Phi) is 4.87. The van der Waals surface area contributed by atoms with Crippen molar-refractivity contribution in [1.82, 2.24) is 15.5 Å². The topological polar surface area (TPSA) is 68.0 Å². The first-order chi connectivity index (χ1) is 11.5. The Labute approximate surface area is 138 Å². The summed E-state index contributed by atoms with van der Waals surface area (Å²) in [5.41, 5.74) is 0.0726. The van der Waals surface area contributed by atoms with E-state index in [1.165, 1.54) is 12.1 Å². The highest BCUT2D eigenvalue weighted by Crippen LogP contribution is 2.28. The SMILES string of the molecule is Cc1nnc(C[C@@H]2CC[C@H](NC(=O)Cc3cccc(F)c3F)C2)o1. The highest BCUT2D eigenvalue weighted by Gasteiger charge is 2.27. The lowest BCUT2D eigenvalue weighted by molar-refractivity contribution is -0.121. The van der Waals surface area contributed by atoms with Crippen LogP contribution in [0.3, 0.4) is 0 Å². The monoisotopic (exact) mass is 335 g/mol. The van der Waals surface area contributed by atoms with Gasteiger partial charge in [0, 0.05) is 24.9 Å². The van der Waals surface area contributed by atoms with E-state index >= 15 is 0 Å². The summed E-state index contributed by atoms with van der Waals surface area (Å²) in [6.07, 6.45) is 3.17. The lowest BCUT2D eigenvalue weighted by Crippen LogP contribution is -2.34. The molecule has 1 heterocycles. The second kappa shape index (κ2) is 7.07. The Morgan fingerprint density at radius 2 is 2.17 bits per heavy atom. The number of nitrogens with one attached hydrogen (secondary N) is 1. The van der Waals surface area contributed by atoms with Crippen LogP contribution in [0.1, 0.15) is 36.6 Å². The van der Waals surface area contributed by atoms with Crippen LogP contribution in [0.2, 0.25) is 0 Å². The van der Waals surface area contributed by atoms with Gasteiger partial charge in [0.25, 0.3) is 0 Å². The minimum atomic E-state index is -0.955. The van der Waals surface area contributed by atoms with Crippen LogP contribution in [-0.2, 0) is 17.6 Å². The Hall–Kier alpha value is -2.31. The molecule has 0 radical (unpaired) electrons. The second-order valence-electron chi connectivity index (χ2n) is 6.25. The van der Waals surface area contributed by atoms with E-state index in [0.717, 1.165) is 25.3 Å². The number of carbonyl (C=O) groups excluding carboxylic acids is 1. The van der Waals surface area contributed by atoms with Crippen molar-refractivity contribution in [2.45, 2.75) is 45.1 Å². The predicted molar refractivity (Wildman–Crippen MR) is 82.1 cm³/mol. The smallest absolute Gasteiger partial charge is 0.224 e. The van der Waals surface area contributed by atoms with Gasteiger partial charge in [-0.3, -0.25) is 4.79 Å². The predicted octanol–water partition coefficient (Wildman–Crippen LogP) is 2.73. The quantitative estimate of drug-likeness (QED) is 0.912. The van der Waals surface area contributed by atoms with Crippen molar-refractivity contribution in [1.29, 1.82) is 0 Å². The first-order valence-electron chi connectivity index (χ1n) is 8.02. The number of aryl methyl sites for hydroxylation is 1. The molecule has 128 valence electrons. The average Bonchev–Trinajstić information content (AvgIpc) is 3.13. The summed E-state index contributed by atoms with van der Waals surface area (Å²) in [7, 11) is 0. The van der Waals surface area contributed by atoms with Crippen LogP contribution in [0.15, 0.2) is 22.6 Å². The number of hydrogen-bond acceptors (Lipinski definition) is 4. The van der Waals surface area contributed by atoms with Gasteiger partial charge in [-0.2, -0.15) is 0 Å². The van der Waals surface area contributed by atoms with E-state index in [0.29, 0.717) is 24.1 Å². The van der Waals surface area contributed by atoms with Crippen molar-refractivity contribution in [2.75, 3.05) is 0 Å². The zero-order valence-corrected chi connectivity index (χ0v) is 13.4. The normalized spacial score (nSPS) is 20.3. The fourth-order valence-corrected chi connectivity index (χ4v) is 3.20. The largest absolute Gasteiger partial charge is 0.426 e. The Balaban J connectivity index is 1.50. The number of carbonyl (C=O) groups is 1. The van der Waals surface area contributed by atoms with Crippen molar-refractivity contribution in [3.05, 3.63) is 47.2 Å². The molecule has 1 aliphatic rings. The molecule has 2 aromatic rings. The van der Waals surface area contributed by atoms with Gasteiger partial charge in [0.05, 0.1) is 6.42 Å². The molecule has 1 aromatic heterocycles. The average molecular weight is 335 g/mol. The number of nitrogens with zero attached hydrogens (tertiary/aromatic N) is 2. The van der Waals surface area contributed by atoms with Gasteiger partial charge in [0.15, 0.2) is 11.6 Å². The van der Waals surface area contributed by atoms with Gasteiger partial charge in [0.1, 0.15) is 0 Å². The third-order valence-corrected chi connectivity index (χ3v) is 4.32. The van der Waals surface area contributed by atoms with Gasteiger partial charge in [-0.1, -0.05) is 12.1 Å². The highest BCUT2D eigenvalue weighted by atomic mass is 19.2. The molecule has 0 bridgehead atoms. The molecule has 0 spiro atoms. The van der Waals surface area contributed by atoms with Crippen LogP contribution < -0.4 is 5.32 Å². The second-order valence-corrected chi connectivity index (χ2v) is 6.25. The van der Waals surface area contributed by atoms with Crippen LogP contribution >= 0.6 is 0 Å². The van der Waals surface area contributed by atoms with Crippen molar-refractivity contribution in [3.8, 4) is 0 Å². The maximum absolute atomic E-state index is 13.6. The molecule has 2 atom stereocenters. The molecule has 1 aliphatic carbocycles. The van der Waals surface area contributed by atoms with E-state index in [1.54, 1.807) is 6.92 Å². The first-order valence-corrected chi connectivity index (χ1v) is 8.02. The molecule has 0 saturated heterocycles. The van der Waals surface area contributed by atoms with Crippen molar-refractivity contribution in [2.24, 2.45) is 5.92 Å². The van der Waals surface area contributed by atoms with Crippen LogP contribution in [-0.4, -0.2) is 22.1 Å². The third kappa shape index (κ3) is 3.96. The molecule has 0 unspecified atom stereocenters. The van der Waals surface area contributed by atoms with Gasteiger partial charge in [0.2, 0.25) is 17.7 Å². The molecule has 7 heteroatoms. The summed E-state index contributed by atoms with van der Waals surface area (Å²) < 4.78 is 32.1. The fourth-order valence-electron chi connectivity index (χ4n) is 3.20. The van der Waals surface area contributed by atoms with E-state index in [1.807, 2.05) is 0 Å². The van der Waals surface area contributed by atoms with Crippen LogP contribution in [0.4, 0.5) is 8.78 Å². The van der Waals surface area contributed by atoms with Crippen molar-refractivity contribution < 1.29 is 18.0 Å². The molecule has 1 amide bonds. The summed E-state index contributed by atoms with van der Waals surface area (Å²) in [5, 5.41) is 10.7. The molecular formula is C17H19F2N3O2. The fraction of sp³-hybridized carbons (Fsp3) is 0.471. The standard InChI is InChI=1S/C17H19F2N3O2/c1-10-21-22-16(24-10)8-11-5-6-13(7-11)20-15(23)9-12-3-2-4-14(18)17(12)19/h2-4,11,13H,5-9H2,1H3,(H,20,23)/t11-,13+/m1/s1. The van der Waals surface area contributed by atoms with Crippen LogP contribution in [0.25, 0.3) is 0 Å². The molecular weight excluding hydrogens is 316 g/mol. The highest BCUT2D eigenvalue weighted by molar-refractivity contribution is 5.78. The number of aromatic nitrogens is 2. The van der Waals surface area contributed by atoms with Crippen molar-refractivity contribution in [3.63, 3.8) is 0 Å². The van der Waals surface area contributed by atoms with E-state index in [4.69, 9.17) is 4.42 Å². The number of amides is 1. The molecule has 0 aliphatic heterocycles. The maximum Gasteiger partial charge on any atom is 0.224 e. The summed E-state index contributed by atoms with van der Waals surface area (Å²) in [6, 6.07) is 3.91. The third-order valence-electron chi connectivity index (χ3n) is 4.32. The number of hydrogen-bond donors (Lipinski definition) is 1. The first kappa shape index (κ1) is 16.5. The molecule has 1 aromatic carbocycles. The molecule has 24 heavy (non-hydrogen) atoms. The summed E-state index contributed by atoms with van der Waals surface area (Å²) in [4.78, 5) is 12.1. The lowest BCUT2D eigenvalue weighted by Gasteiger charge is -2.13. The van der Waals surface area contributed by atoms with E-state index in [-0.39, 0.29) is 23.9 Å². The minimum Gasteiger partial charge on any atom is -0.426 e. The van der Waals surface area contributed by atoms with Gasteiger partial charge < -0.3 is 9.73 Å². The molecule has 1 fully saturated rings. The van der Waals surface area contributed by atoms with Gasteiger partial charge in [-0.25, -0.2) is 8.78 Å². The number of rotatable bonds is 5. The number of halogens is 2. The minimum absolute atomic E-state index is 0.0446. The number of benzene rings is 1.